The number of anilines is 1. The molecule has 2 aromatic rings. The van der Waals surface area contributed by atoms with Gasteiger partial charge in [0.2, 0.25) is 5.91 Å². The first-order chi connectivity index (χ1) is 14.5. The number of aromatic nitrogens is 2. The van der Waals surface area contributed by atoms with Gasteiger partial charge in [0.1, 0.15) is 0 Å². The van der Waals surface area contributed by atoms with Crippen molar-refractivity contribution in [3.8, 4) is 0 Å². The summed E-state index contributed by atoms with van der Waals surface area (Å²) in [4.78, 5) is 23.6. The van der Waals surface area contributed by atoms with Gasteiger partial charge in [-0.2, -0.15) is 5.10 Å². The number of nitrogens with zero attached hydrogens (tertiary/aromatic N) is 2. The molecule has 0 spiro atoms. The van der Waals surface area contributed by atoms with Gasteiger partial charge in [0.25, 0.3) is 15.9 Å². The van der Waals surface area contributed by atoms with Crippen molar-refractivity contribution in [1.82, 2.24) is 14.5 Å². The standard InChI is InChI=1S/C19H22N4O6S2/c1-12(24)22-31(28,29)16-6-4-14(5-7-16)20-19(25)17-10-18(13-2-3-13)23(21-17)15-8-9-30(26,27)11-15/h4-7,10,13,15H,2-3,8-9,11H2,1H3,(H,20,25)(H,22,24). The molecule has 1 atom stereocenters. The third-order valence-corrected chi connectivity index (χ3v) is 8.45. The Hall–Kier alpha value is -2.73. The fraction of sp³-hybridized carbons (Fsp3) is 0.421. The lowest BCUT2D eigenvalue weighted by Gasteiger charge is -2.12. The quantitative estimate of drug-likeness (QED) is 0.651. The fourth-order valence-electron chi connectivity index (χ4n) is 3.63. The average molecular weight is 467 g/mol. The number of sulfone groups is 1. The van der Waals surface area contributed by atoms with E-state index < -0.39 is 31.7 Å². The number of hydrogen-bond donors (Lipinski definition) is 2. The zero-order valence-electron chi connectivity index (χ0n) is 16.7. The molecule has 0 radical (unpaired) electrons. The molecule has 1 aromatic carbocycles. The molecule has 12 heteroatoms. The van der Waals surface area contributed by atoms with E-state index in [-0.39, 0.29) is 34.1 Å². The molecule has 1 aliphatic heterocycles. The predicted octanol–water partition coefficient (Wildman–Crippen LogP) is 1.20. The second-order valence-electron chi connectivity index (χ2n) is 7.87. The van der Waals surface area contributed by atoms with Crippen LogP contribution in [0.3, 0.4) is 0 Å². The minimum absolute atomic E-state index is 0.0275. The maximum atomic E-state index is 12.7. The second-order valence-corrected chi connectivity index (χ2v) is 11.8. The molecule has 2 heterocycles. The lowest BCUT2D eigenvalue weighted by Crippen LogP contribution is -2.28. The summed E-state index contributed by atoms with van der Waals surface area (Å²) in [6.45, 7) is 1.10. The zero-order chi connectivity index (χ0) is 22.4. The van der Waals surface area contributed by atoms with Gasteiger partial charge in [-0.05, 0) is 49.6 Å². The highest BCUT2D eigenvalue weighted by Crippen LogP contribution is 2.42. The van der Waals surface area contributed by atoms with E-state index >= 15 is 0 Å². The van der Waals surface area contributed by atoms with Crippen LogP contribution >= 0.6 is 0 Å². The number of carbonyl (C=O) groups excluding carboxylic acids is 2. The number of sulfonamides is 1. The number of benzene rings is 1. The summed E-state index contributed by atoms with van der Waals surface area (Å²) in [6.07, 6.45) is 2.45. The Balaban J connectivity index is 1.51. The normalized spacial score (nSPS) is 20.4. The van der Waals surface area contributed by atoms with Crippen molar-refractivity contribution >= 4 is 37.4 Å². The Morgan fingerprint density at radius 1 is 1.13 bits per heavy atom. The summed E-state index contributed by atoms with van der Waals surface area (Å²) < 4.78 is 51.3. The van der Waals surface area contributed by atoms with Crippen molar-refractivity contribution in [3.63, 3.8) is 0 Å². The van der Waals surface area contributed by atoms with Crippen LogP contribution < -0.4 is 10.0 Å². The van der Waals surface area contributed by atoms with Gasteiger partial charge in [-0.25, -0.2) is 21.6 Å². The third-order valence-electron chi connectivity index (χ3n) is 5.25. The van der Waals surface area contributed by atoms with Gasteiger partial charge in [0, 0.05) is 24.2 Å². The highest BCUT2D eigenvalue weighted by Gasteiger charge is 2.36. The van der Waals surface area contributed by atoms with Gasteiger partial charge in [-0.3, -0.25) is 14.3 Å². The molecule has 10 nitrogen and oxygen atoms in total. The Labute approximate surface area is 180 Å². The van der Waals surface area contributed by atoms with Crippen molar-refractivity contribution < 1.29 is 26.4 Å². The van der Waals surface area contributed by atoms with Gasteiger partial charge in [-0.1, -0.05) is 0 Å². The first kappa shape index (κ1) is 21.5. The third kappa shape index (κ3) is 4.79. The summed E-state index contributed by atoms with van der Waals surface area (Å²) in [6, 6.07) is 6.81. The Kier molecular flexibility index (Phi) is 5.38. The van der Waals surface area contributed by atoms with Crippen LogP contribution in [0.4, 0.5) is 5.69 Å². The van der Waals surface area contributed by atoms with Crippen LogP contribution in [0.1, 0.15) is 54.3 Å². The van der Waals surface area contributed by atoms with E-state index in [2.05, 4.69) is 10.4 Å². The average Bonchev–Trinajstić information content (AvgIpc) is 3.31. The molecule has 1 saturated carbocycles. The van der Waals surface area contributed by atoms with Crippen LogP contribution in [0, 0.1) is 0 Å². The first-order valence-corrected chi connectivity index (χ1v) is 13.1. The van der Waals surface area contributed by atoms with Crippen molar-refractivity contribution in [3.05, 3.63) is 41.7 Å². The maximum absolute atomic E-state index is 12.7. The van der Waals surface area contributed by atoms with Gasteiger partial charge < -0.3 is 5.32 Å². The maximum Gasteiger partial charge on any atom is 0.276 e. The van der Waals surface area contributed by atoms with E-state index in [9.17, 15) is 26.4 Å². The first-order valence-electron chi connectivity index (χ1n) is 9.79. The summed E-state index contributed by atoms with van der Waals surface area (Å²) in [5.74, 6) is -0.736. The van der Waals surface area contributed by atoms with Crippen LogP contribution in [0.15, 0.2) is 35.2 Å². The van der Waals surface area contributed by atoms with Crippen LogP contribution in [-0.4, -0.2) is 49.9 Å². The molecule has 2 aliphatic rings. The predicted molar refractivity (Wildman–Crippen MR) is 112 cm³/mol. The summed E-state index contributed by atoms with van der Waals surface area (Å²) >= 11 is 0. The molecule has 2 fully saturated rings. The molecule has 166 valence electrons. The summed E-state index contributed by atoms with van der Waals surface area (Å²) in [5, 5.41) is 7.07. The van der Waals surface area contributed by atoms with Crippen LogP contribution in [0.2, 0.25) is 0 Å². The second kappa shape index (κ2) is 7.75. The monoisotopic (exact) mass is 466 g/mol. The van der Waals surface area contributed by atoms with Gasteiger partial charge in [-0.15, -0.1) is 0 Å². The zero-order valence-corrected chi connectivity index (χ0v) is 18.4. The van der Waals surface area contributed by atoms with E-state index in [0.717, 1.165) is 25.5 Å². The molecular formula is C19H22N4O6S2. The molecule has 1 aromatic heterocycles. The largest absolute Gasteiger partial charge is 0.321 e. The molecule has 4 rings (SSSR count). The van der Waals surface area contributed by atoms with Gasteiger partial charge in [0.15, 0.2) is 15.5 Å². The number of rotatable bonds is 6. The molecular weight excluding hydrogens is 444 g/mol. The fourth-order valence-corrected chi connectivity index (χ4v) is 6.31. The lowest BCUT2D eigenvalue weighted by molar-refractivity contribution is -0.117. The van der Waals surface area contributed by atoms with Crippen LogP contribution in [0.25, 0.3) is 0 Å². The molecule has 2 amide bonds. The summed E-state index contributed by atoms with van der Waals surface area (Å²) in [7, 11) is -7.04. The minimum Gasteiger partial charge on any atom is -0.321 e. The van der Waals surface area contributed by atoms with Gasteiger partial charge in [0.05, 0.1) is 22.4 Å². The van der Waals surface area contributed by atoms with E-state index in [1.165, 1.54) is 24.3 Å². The number of carbonyl (C=O) groups is 2. The van der Waals surface area contributed by atoms with E-state index in [1.807, 2.05) is 4.72 Å². The molecule has 1 saturated heterocycles. The minimum atomic E-state index is -3.96. The smallest absolute Gasteiger partial charge is 0.276 e. The SMILES string of the molecule is CC(=O)NS(=O)(=O)c1ccc(NC(=O)c2cc(C3CC3)n(C3CCS(=O)(=O)C3)n2)cc1. The summed E-state index contributed by atoms with van der Waals surface area (Å²) in [5.41, 5.74) is 1.42. The van der Waals surface area contributed by atoms with Crippen molar-refractivity contribution in [2.24, 2.45) is 0 Å². The van der Waals surface area contributed by atoms with Crippen molar-refractivity contribution in [1.29, 1.82) is 0 Å². The molecule has 1 unspecified atom stereocenters. The topological polar surface area (TPSA) is 144 Å². The molecule has 0 bridgehead atoms. The van der Waals surface area contributed by atoms with E-state index in [4.69, 9.17) is 0 Å². The number of nitrogens with one attached hydrogen (secondary N) is 2. The van der Waals surface area contributed by atoms with Gasteiger partial charge >= 0.3 is 0 Å². The Bertz CT molecular complexity index is 1240. The highest BCUT2D eigenvalue weighted by atomic mass is 32.2. The Morgan fingerprint density at radius 3 is 2.35 bits per heavy atom. The van der Waals surface area contributed by atoms with Crippen molar-refractivity contribution in [2.45, 2.75) is 43.0 Å². The molecule has 2 N–H and O–H groups in total. The lowest BCUT2D eigenvalue weighted by atomic mass is 10.2. The molecule has 1 aliphatic carbocycles. The van der Waals surface area contributed by atoms with E-state index in [1.54, 1.807) is 10.7 Å². The highest BCUT2D eigenvalue weighted by molar-refractivity contribution is 7.91. The number of hydrogen-bond acceptors (Lipinski definition) is 7. The number of amides is 2. The van der Waals surface area contributed by atoms with Crippen LogP contribution in [0.5, 0.6) is 0 Å². The van der Waals surface area contributed by atoms with E-state index in [0.29, 0.717) is 12.1 Å². The van der Waals surface area contributed by atoms with Crippen molar-refractivity contribution in [2.75, 3.05) is 16.8 Å². The van der Waals surface area contributed by atoms with Crippen LogP contribution in [-0.2, 0) is 24.7 Å². The molecule has 31 heavy (non-hydrogen) atoms. The Morgan fingerprint density at radius 2 is 1.81 bits per heavy atom.